The first-order valence-electron chi connectivity index (χ1n) is 9.21. The smallest absolute Gasteiger partial charge is 0.0807 e. The van der Waals surface area contributed by atoms with Crippen molar-refractivity contribution in [2.24, 2.45) is 0 Å². The third-order valence-electron chi connectivity index (χ3n) is 4.78. The Morgan fingerprint density at radius 3 is 2.60 bits per heavy atom. The Hall–Kier alpha value is -1.51. The SMILES string of the molecule is CCCCC(C)(C)c1ccccc1NCCC(O)c1cccc(Cl)c1. The molecule has 0 radical (unpaired) electrons. The Labute approximate surface area is 157 Å². The van der Waals surface area contributed by atoms with Crippen molar-refractivity contribution in [3.05, 3.63) is 64.7 Å². The fourth-order valence-corrected chi connectivity index (χ4v) is 3.40. The summed E-state index contributed by atoms with van der Waals surface area (Å²) in [4.78, 5) is 0. The molecule has 25 heavy (non-hydrogen) atoms. The van der Waals surface area contributed by atoms with E-state index in [1.807, 2.05) is 24.3 Å². The van der Waals surface area contributed by atoms with Crippen molar-refractivity contribution < 1.29 is 5.11 Å². The number of unbranched alkanes of at least 4 members (excludes halogenated alkanes) is 1. The zero-order valence-corrected chi connectivity index (χ0v) is 16.3. The van der Waals surface area contributed by atoms with E-state index in [9.17, 15) is 5.11 Å². The molecule has 1 atom stereocenters. The van der Waals surface area contributed by atoms with Crippen LogP contribution in [0, 0.1) is 0 Å². The number of hydrogen-bond donors (Lipinski definition) is 2. The fraction of sp³-hybridized carbons (Fsp3) is 0.455. The molecule has 0 fully saturated rings. The number of benzene rings is 2. The molecule has 0 spiro atoms. The lowest BCUT2D eigenvalue weighted by Crippen LogP contribution is -2.20. The zero-order valence-electron chi connectivity index (χ0n) is 15.6. The fourth-order valence-electron chi connectivity index (χ4n) is 3.20. The second-order valence-electron chi connectivity index (χ2n) is 7.32. The summed E-state index contributed by atoms with van der Waals surface area (Å²) >= 11 is 6.00. The minimum atomic E-state index is -0.508. The normalized spacial score (nSPS) is 12.8. The first-order valence-corrected chi connectivity index (χ1v) is 9.59. The van der Waals surface area contributed by atoms with Crippen LogP contribution in [-0.4, -0.2) is 11.7 Å². The lowest BCUT2D eigenvalue weighted by atomic mass is 9.79. The largest absolute Gasteiger partial charge is 0.388 e. The first kappa shape index (κ1) is 19.8. The predicted octanol–water partition coefficient (Wildman–Crippen LogP) is 6.34. The van der Waals surface area contributed by atoms with Gasteiger partial charge in [0.15, 0.2) is 0 Å². The van der Waals surface area contributed by atoms with Gasteiger partial charge in [-0.25, -0.2) is 0 Å². The van der Waals surface area contributed by atoms with Crippen molar-refractivity contribution in [2.75, 3.05) is 11.9 Å². The molecule has 0 aliphatic heterocycles. The van der Waals surface area contributed by atoms with Gasteiger partial charge in [0.1, 0.15) is 0 Å². The van der Waals surface area contributed by atoms with E-state index in [4.69, 9.17) is 11.6 Å². The summed E-state index contributed by atoms with van der Waals surface area (Å²) in [6.07, 6.45) is 3.75. The summed E-state index contributed by atoms with van der Waals surface area (Å²) in [6.45, 7) is 7.57. The van der Waals surface area contributed by atoms with Crippen LogP contribution in [0.1, 0.15) is 63.7 Å². The van der Waals surface area contributed by atoms with Gasteiger partial charge in [-0.15, -0.1) is 0 Å². The molecule has 2 aromatic carbocycles. The van der Waals surface area contributed by atoms with E-state index in [1.54, 1.807) is 0 Å². The number of aliphatic hydroxyl groups is 1. The van der Waals surface area contributed by atoms with E-state index >= 15 is 0 Å². The molecule has 0 amide bonds. The lowest BCUT2D eigenvalue weighted by Gasteiger charge is -2.28. The van der Waals surface area contributed by atoms with Gasteiger partial charge in [-0.05, 0) is 47.6 Å². The Bertz CT molecular complexity index is 669. The molecule has 2 rings (SSSR count). The minimum Gasteiger partial charge on any atom is -0.388 e. The van der Waals surface area contributed by atoms with E-state index in [0.717, 1.165) is 5.56 Å². The van der Waals surface area contributed by atoms with Crippen molar-refractivity contribution in [1.29, 1.82) is 0 Å². The molecule has 2 N–H and O–H groups in total. The van der Waals surface area contributed by atoms with Gasteiger partial charge in [0.2, 0.25) is 0 Å². The second-order valence-corrected chi connectivity index (χ2v) is 7.76. The van der Waals surface area contributed by atoms with Crippen molar-refractivity contribution in [3.8, 4) is 0 Å². The van der Waals surface area contributed by atoms with E-state index in [2.05, 4.69) is 50.4 Å². The maximum absolute atomic E-state index is 10.4. The quantitative estimate of drug-likeness (QED) is 0.547. The van der Waals surface area contributed by atoms with Crippen LogP contribution < -0.4 is 5.32 Å². The number of anilines is 1. The average molecular weight is 360 g/mol. The Morgan fingerprint density at radius 2 is 1.88 bits per heavy atom. The molecule has 0 saturated heterocycles. The summed E-state index contributed by atoms with van der Waals surface area (Å²) in [7, 11) is 0. The number of halogens is 1. The summed E-state index contributed by atoms with van der Waals surface area (Å²) in [5.41, 5.74) is 3.53. The highest BCUT2D eigenvalue weighted by atomic mass is 35.5. The maximum atomic E-state index is 10.4. The molecule has 2 nitrogen and oxygen atoms in total. The van der Waals surface area contributed by atoms with Crippen LogP contribution in [0.15, 0.2) is 48.5 Å². The number of hydrogen-bond acceptors (Lipinski definition) is 2. The van der Waals surface area contributed by atoms with Gasteiger partial charge in [0.05, 0.1) is 6.10 Å². The van der Waals surface area contributed by atoms with Crippen LogP contribution in [0.3, 0.4) is 0 Å². The van der Waals surface area contributed by atoms with Crippen LogP contribution >= 0.6 is 11.6 Å². The topological polar surface area (TPSA) is 32.3 Å². The molecule has 0 heterocycles. The van der Waals surface area contributed by atoms with Gasteiger partial charge < -0.3 is 10.4 Å². The summed E-state index contributed by atoms with van der Waals surface area (Å²) in [5.74, 6) is 0. The van der Waals surface area contributed by atoms with Gasteiger partial charge in [-0.1, -0.05) is 75.5 Å². The summed E-state index contributed by atoms with van der Waals surface area (Å²) < 4.78 is 0. The number of aliphatic hydroxyl groups excluding tert-OH is 1. The van der Waals surface area contributed by atoms with Crippen LogP contribution in [0.5, 0.6) is 0 Å². The molecule has 2 aromatic rings. The molecule has 0 aliphatic carbocycles. The zero-order chi connectivity index (χ0) is 18.3. The summed E-state index contributed by atoms with van der Waals surface area (Å²) in [6, 6.07) is 16.0. The van der Waals surface area contributed by atoms with Gasteiger partial charge in [-0.2, -0.15) is 0 Å². The van der Waals surface area contributed by atoms with E-state index in [-0.39, 0.29) is 5.41 Å². The minimum absolute atomic E-state index is 0.144. The molecule has 136 valence electrons. The molecule has 1 unspecified atom stereocenters. The summed E-state index contributed by atoms with van der Waals surface area (Å²) in [5, 5.41) is 14.5. The molecular formula is C22H30ClNO. The van der Waals surface area contributed by atoms with Gasteiger partial charge in [-0.3, -0.25) is 0 Å². The van der Waals surface area contributed by atoms with Gasteiger partial charge in [0, 0.05) is 17.3 Å². The van der Waals surface area contributed by atoms with E-state index < -0.39 is 6.10 Å². The third kappa shape index (κ3) is 5.76. The molecular weight excluding hydrogens is 330 g/mol. The Balaban J connectivity index is 1.99. The van der Waals surface area contributed by atoms with E-state index in [0.29, 0.717) is 18.0 Å². The van der Waals surface area contributed by atoms with Crippen molar-refractivity contribution >= 4 is 17.3 Å². The van der Waals surface area contributed by atoms with Gasteiger partial charge >= 0.3 is 0 Å². The molecule has 0 saturated carbocycles. The van der Waals surface area contributed by atoms with E-state index in [1.165, 1.54) is 30.5 Å². The number of rotatable bonds is 9. The van der Waals surface area contributed by atoms with Gasteiger partial charge in [0.25, 0.3) is 0 Å². The number of nitrogens with one attached hydrogen (secondary N) is 1. The molecule has 0 aliphatic rings. The number of para-hydroxylation sites is 1. The standard InChI is InChI=1S/C22H30ClNO/c1-4-5-14-22(2,3)19-11-6-7-12-20(19)24-15-13-21(25)17-9-8-10-18(23)16-17/h6-12,16,21,24-25H,4-5,13-15H2,1-3H3. The first-order chi connectivity index (χ1) is 11.9. The Kier molecular flexibility index (Phi) is 7.34. The highest BCUT2D eigenvalue weighted by Gasteiger charge is 2.22. The third-order valence-corrected chi connectivity index (χ3v) is 5.01. The average Bonchev–Trinajstić information content (AvgIpc) is 2.60. The van der Waals surface area contributed by atoms with Crippen molar-refractivity contribution in [3.63, 3.8) is 0 Å². The lowest BCUT2D eigenvalue weighted by molar-refractivity contribution is 0.171. The molecule has 3 heteroatoms. The highest BCUT2D eigenvalue weighted by molar-refractivity contribution is 6.30. The maximum Gasteiger partial charge on any atom is 0.0807 e. The van der Waals surface area contributed by atoms with Crippen LogP contribution in [-0.2, 0) is 5.41 Å². The second kappa shape index (κ2) is 9.26. The Morgan fingerprint density at radius 1 is 1.12 bits per heavy atom. The van der Waals surface area contributed by atoms with Crippen LogP contribution in [0.4, 0.5) is 5.69 Å². The van der Waals surface area contributed by atoms with Crippen molar-refractivity contribution in [2.45, 2.75) is 58.0 Å². The van der Waals surface area contributed by atoms with Crippen LogP contribution in [0.25, 0.3) is 0 Å². The molecule has 0 bridgehead atoms. The van der Waals surface area contributed by atoms with Crippen molar-refractivity contribution in [1.82, 2.24) is 0 Å². The van der Waals surface area contributed by atoms with Crippen LogP contribution in [0.2, 0.25) is 5.02 Å². The molecule has 0 aromatic heterocycles. The highest BCUT2D eigenvalue weighted by Crippen LogP contribution is 2.34. The predicted molar refractivity (Wildman–Crippen MR) is 109 cm³/mol. The monoisotopic (exact) mass is 359 g/mol.